The fraction of sp³-hybridized carbons (Fsp3) is 0.727. The van der Waals surface area contributed by atoms with Crippen LogP contribution in [0.3, 0.4) is 0 Å². The van der Waals surface area contributed by atoms with E-state index < -0.39 is 23.6 Å². The predicted octanol–water partition coefficient (Wildman–Crippen LogP) is 0.897. The molecule has 17 heavy (non-hydrogen) atoms. The van der Waals surface area contributed by atoms with Gasteiger partial charge in [-0.1, -0.05) is 0 Å². The maximum Gasteiger partial charge on any atom is 0.410 e. The van der Waals surface area contributed by atoms with Gasteiger partial charge in [0.2, 0.25) is 0 Å². The maximum atomic E-state index is 11.6. The third-order valence-corrected chi connectivity index (χ3v) is 2.32. The van der Waals surface area contributed by atoms with Crippen molar-refractivity contribution in [3.63, 3.8) is 0 Å². The van der Waals surface area contributed by atoms with Crippen LogP contribution < -0.4 is 0 Å². The molecule has 0 aliphatic carbocycles. The van der Waals surface area contributed by atoms with E-state index in [0.29, 0.717) is 0 Å². The van der Waals surface area contributed by atoms with Gasteiger partial charge in [-0.2, -0.15) is 0 Å². The van der Waals surface area contributed by atoms with Crippen molar-refractivity contribution in [3.8, 4) is 0 Å². The lowest BCUT2D eigenvalue weighted by atomic mass is 10.0. The highest BCUT2D eigenvalue weighted by Crippen LogP contribution is 2.19. The molecule has 1 heterocycles. The second-order valence-electron chi connectivity index (χ2n) is 5.12. The van der Waals surface area contributed by atoms with Gasteiger partial charge in [0.15, 0.2) is 5.78 Å². The Morgan fingerprint density at radius 3 is 2.53 bits per heavy atom. The van der Waals surface area contributed by atoms with Crippen LogP contribution in [0.5, 0.6) is 0 Å². The zero-order chi connectivity index (χ0) is 13.2. The molecule has 0 aromatic rings. The number of nitrogens with zero attached hydrogens (tertiary/aromatic N) is 1. The van der Waals surface area contributed by atoms with Gasteiger partial charge in [0.05, 0.1) is 13.0 Å². The number of ether oxygens (including phenoxy) is 1. The number of carbonyl (C=O) groups is 3. The van der Waals surface area contributed by atoms with Gasteiger partial charge in [0.1, 0.15) is 5.60 Å². The molecule has 1 atom stereocenters. The largest absolute Gasteiger partial charge is 0.481 e. The lowest BCUT2D eigenvalue weighted by molar-refractivity contribution is -0.139. The average Bonchev–Trinajstić information content (AvgIpc) is 2.44. The minimum atomic E-state index is -1.03. The monoisotopic (exact) mass is 243 g/mol. The zero-order valence-electron chi connectivity index (χ0n) is 10.2. The van der Waals surface area contributed by atoms with Gasteiger partial charge in [0.25, 0.3) is 0 Å². The maximum absolute atomic E-state index is 11.6. The van der Waals surface area contributed by atoms with Crippen LogP contribution in [0.25, 0.3) is 0 Å². The van der Waals surface area contributed by atoms with Crippen molar-refractivity contribution in [2.45, 2.75) is 32.8 Å². The number of amides is 1. The van der Waals surface area contributed by atoms with Crippen LogP contribution in [0.15, 0.2) is 0 Å². The number of likely N-dealkylation sites (tertiary alicyclic amines) is 1. The molecule has 6 heteroatoms. The molecule has 1 N–H and O–H groups in total. The zero-order valence-corrected chi connectivity index (χ0v) is 10.2. The van der Waals surface area contributed by atoms with Crippen molar-refractivity contribution in [2.75, 3.05) is 13.1 Å². The standard InChI is InChI=1S/C11H17NO5/c1-11(2,3)17-10(16)12-5-7(4-9(14)15)8(13)6-12/h7H,4-6H2,1-3H3,(H,14,15). The van der Waals surface area contributed by atoms with E-state index in [9.17, 15) is 14.4 Å². The van der Waals surface area contributed by atoms with Crippen LogP contribution >= 0.6 is 0 Å². The smallest absolute Gasteiger partial charge is 0.410 e. The van der Waals surface area contributed by atoms with Gasteiger partial charge in [-0.3, -0.25) is 9.59 Å². The highest BCUT2D eigenvalue weighted by atomic mass is 16.6. The highest BCUT2D eigenvalue weighted by Gasteiger charge is 2.36. The summed E-state index contributed by atoms with van der Waals surface area (Å²) in [5.74, 6) is -1.87. The molecule has 0 spiro atoms. The molecule has 0 bridgehead atoms. The van der Waals surface area contributed by atoms with Crippen molar-refractivity contribution in [2.24, 2.45) is 5.92 Å². The molecule has 1 saturated heterocycles. The number of carbonyl (C=O) groups excluding carboxylic acids is 2. The van der Waals surface area contributed by atoms with Crippen molar-refractivity contribution < 1.29 is 24.2 Å². The molecular formula is C11H17NO5. The predicted molar refractivity (Wildman–Crippen MR) is 58.6 cm³/mol. The number of ketones is 1. The Morgan fingerprint density at radius 1 is 1.47 bits per heavy atom. The van der Waals surface area contributed by atoms with E-state index in [2.05, 4.69) is 0 Å². The molecule has 1 amide bonds. The van der Waals surface area contributed by atoms with E-state index in [1.165, 1.54) is 4.90 Å². The summed E-state index contributed by atoms with van der Waals surface area (Å²) in [7, 11) is 0. The third-order valence-electron chi connectivity index (χ3n) is 2.32. The van der Waals surface area contributed by atoms with Gasteiger partial charge in [-0.05, 0) is 20.8 Å². The normalized spacial score (nSPS) is 20.5. The number of hydrogen-bond donors (Lipinski definition) is 1. The lowest BCUT2D eigenvalue weighted by Crippen LogP contribution is -2.35. The van der Waals surface area contributed by atoms with E-state index in [1.54, 1.807) is 20.8 Å². The first kappa shape index (κ1) is 13.5. The molecule has 6 nitrogen and oxygen atoms in total. The minimum absolute atomic E-state index is 0.0626. The SMILES string of the molecule is CC(C)(C)OC(=O)N1CC(=O)C(CC(=O)O)C1. The summed E-state index contributed by atoms with van der Waals surface area (Å²) in [5, 5.41) is 8.62. The highest BCUT2D eigenvalue weighted by molar-refractivity contribution is 5.91. The molecular weight excluding hydrogens is 226 g/mol. The summed E-state index contributed by atoms with van der Waals surface area (Å²) < 4.78 is 5.11. The molecule has 0 aromatic heterocycles. The first-order chi connectivity index (χ1) is 7.69. The van der Waals surface area contributed by atoms with Crippen molar-refractivity contribution >= 4 is 17.8 Å². The Bertz CT molecular complexity index is 344. The van der Waals surface area contributed by atoms with Crippen LogP contribution in [0.1, 0.15) is 27.2 Å². The molecule has 0 radical (unpaired) electrons. The molecule has 0 aromatic carbocycles. The fourth-order valence-corrected chi connectivity index (χ4v) is 1.60. The summed E-state index contributed by atoms with van der Waals surface area (Å²) in [6, 6.07) is 0. The van der Waals surface area contributed by atoms with Gasteiger partial charge in [0, 0.05) is 12.5 Å². The van der Waals surface area contributed by atoms with Crippen LogP contribution in [-0.4, -0.2) is 46.5 Å². The third kappa shape index (κ3) is 4.05. The molecule has 0 saturated carbocycles. The van der Waals surface area contributed by atoms with E-state index in [0.717, 1.165) is 0 Å². The summed E-state index contributed by atoms with van der Waals surface area (Å²) in [4.78, 5) is 34.9. The number of carboxylic acid groups (broad SMARTS) is 1. The Morgan fingerprint density at radius 2 is 2.06 bits per heavy atom. The topological polar surface area (TPSA) is 83.9 Å². The number of hydrogen-bond acceptors (Lipinski definition) is 4. The quantitative estimate of drug-likeness (QED) is 0.778. The Balaban J connectivity index is 2.57. The summed E-state index contributed by atoms with van der Waals surface area (Å²) in [5.41, 5.74) is -0.620. The van der Waals surface area contributed by atoms with E-state index in [-0.39, 0.29) is 25.3 Å². The molecule has 1 aliphatic rings. The molecule has 1 unspecified atom stereocenters. The molecule has 1 fully saturated rings. The van der Waals surface area contributed by atoms with Crippen molar-refractivity contribution in [1.82, 2.24) is 4.90 Å². The number of rotatable bonds is 2. The van der Waals surface area contributed by atoms with E-state index in [1.807, 2.05) is 0 Å². The van der Waals surface area contributed by atoms with Gasteiger partial charge in [-0.25, -0.2) is 4.79 Å². The Hall–Kier alpha value is -1.59. The van der Waals surface area contributed by atoms with Crippen LogP contribution in [0.2, 0.25) is 0 Å². The van der Waals surface area contributed by atoms with Crippen LogP contribution in [0, 0.1) is 5.92 Å². The lowest BCUT2D eigenvalue weighted by Gasteiger charge is -2.23. The van der Waals surface area contributed by atoms with Crippen molar-refractivity contribution in [1.29, 1.82) is 0 Å². The van der Waals surface area contributed by atoms with E-state index >= 15 is 0 Å². The summed E-state index contributed by atoms with van der Waals surface area (Å²) in [6.07, 6.45) is -0.809. The summed E-state index contributed by atoms with van der Waals surface area (Å²) >= 11 is 0. The number of aliphatic carboxylic acids is 1. The average molecular weight is 243 g/mol. The van der Waals surface area contributed by atoms with Crippen LogP contribution in [-0.2, 0) is 14.3 Å². The fourth-order valence-electron chi connectivity index (χ4n) is 1.60. The van der Waals surface area contributed by atoms with Gasteiger partial charge < -0.3 is 14.7 Å². The minimum Gasteiger partial charge on any atom is -0.481 e. The molecule has 1 rings (SSSR count). The van der Waals surface area contributed by atoms with E-state index in [4.69, 9.17) is 9.84 Å². The first-order valence-corrected chi connectivity index (χ1v) is 5.41. The van der Waals surface area contributed by atoms with Crippen LogP contribution in [0.4, 0.5) is 4.79 Å². The number of carboxylic acids is 1. The van der Waals surface area contributed by atoms with Gasteiger partial charge in [-0.15, -0.1) is 0 Å². The molecule has 96 valence electrons. The Kier molecular flexibility index (Phi) is 3.75. The number of Topliss-reactive ketones (excluding diaryl/α,β-unsaturated/α-hetero) is 1. The van der Waals surface area contributed by atoms with Crippen molar-refractivity contribution in [3.05, 3.63) is 0 Å². The second-order valence-corrected chi connectivity index (χ2v) is 5.12. The Labute approximate surface area is 99.5 Å². The first-order valence-electron chi connectivity index (χ1n) is 5.41. The summed E-state index contributed by atoms with van der Waals surface area (Å²) in [6.45, 7) is 5.26. The van der Waals surface area contributed by atoms with Gasteiger partial charge >= 0.3 is 12.1 Å². The molecule has 1 aliphatic heterocycles. The second kappa shape index (κ2) is 4.73.